The number of para-hydroxylation sites is 1. The smallest absolute Gasteiger partial charge is 0.259 e. The van der Waals surface area contributed by atoms with Gasteiger partial charge in [-0.3, -0.25) is 4.79 Å². The lowest BCUT2D eigenvalue weighted by atomic mass is 10.1. The molecule has 4 nitrogen and oxygen atoms in total. The van der Waals surface area contributed by atoms with Gasteiger partial charge in [0, 0.05) is 12.8 Å². The highest BCUT2D eigenvalue weighted by molar-refractivity contribution is 6.07. The molecule has 0 aromatic heterocycles. The van der Waals surface area contributed by atoms with Crippen LogP contribution in [0.4, 0.5) is 5.69 Å². The van der Waals surface area contributed by atoms with Crippen molar-refractivity contribution in [3.05, 3.63) is 72.3 Å². The third kappa shape index (κ3) is 3.73. The molecule has 0 aliphatic carbocycles. The average Bonchev–Trinajstić information content (AvgIpc) is 2.62. The SMILES string of the molecule is COCCOc1ccccc1C(=O)Nc1ccc2ccccc2c1. The Labute approximate surface area is 141 Å². The molecule has 3 aromatic carbocycles. The van der Waals surface area contributed by atoms with E-state index in [1.807, 2.05) is 54.6 Å². The summed E-state index contributed by atoms with van der Waals surface area (Å²) in [5, 5.41) is 5.15. The van der Waals surface area contributed by atoms with E-state index in [0.29, 0.717) is 24.5 Å². The fourth-order valence-corrected chi connectivity index (χ4v) is 2.48. The third-order valence-corrected chi connectivity index (χ3v) is 3.68. The number of ether oxygens (including phenoxy) is 2. The molecule has 122 valence electrons. The van der Waals surface area contributed by atoms with Gasteiger partial charge in [0.25, 0.3) is 5.91 Å². The van der Waals surface area contributed by atoms with Gasteiger partial charge < -0.3 is 14.8 Å². The molecule has 0 heterocycles. The summed E-state index contributed by atoms with van der Waals surface area (Å²) in [5.74, 6) is 0.353. The Morgan fingerprint density at radius 1 is 0.917 bits per heavy atom. The number of fused-ring (bicyclic) bond motifs is 1. The summed E-state index contributed by atoms with van der Waals surface area (Å²) in [5.41, 5.74) is 1.26. The van der Waals surface area contributed by atoms with E-state index in [1.165, 1.54) is 0 Å². The minimum Gasteiger partial charge on any atom is -0.490 e. The highest BCUT2D eigenvalue weighted by atomic mass is 16.5. The average molecular weight is 321 g/mol. The van der Waals surface area contributed by atoms with Crippen LogP contribution in [0.15, 0.2) is 66.7 Å². The van der Waals surface area contributed by atoms with Gasteiger partial charge in [0.15, 0.2) is 0 Å². The molecule has 0 unspecified atom stereocenters. The molecule has 0 fully saturated rings. The van der Waals surface area contributed by atoms with E-state index in [4.69, 9.17) is 9.47 Å². The molecule has 1 amide bonds. The maximum absolute atomic E-state index is 12.6. The quantitative estimate of drug-likeness (QED) is 0.695. The van der Waals surface area contributed by atoms with E-state index >= 15 is 0 Å². The first-order valence-electron chi connectivity index (χ1n) is 7.79. The van der Waals surface area contributed by atoms with E-state index in [1.54, 1.807) is 19.2 Å². The molecule has 0 atom stereocenters. The minimum atomic E-state index is -0.196. The van der Waals surface area contributed by atoms with Crippen LogP contribution < -0.4 is 10.1 Å². The Bertz CT molecular complexity index is 845. The van der Waals surface area contributed by atoms with Crippen LogP contribution >= 0.6 is 0 Å². The molecule has 0 radical (unpaired) electrons. The lowest BCUT2D eigenvalue weighted by molar-refractivity contribution is 0.101. The largest absolute Gasteiger partial charge is 0.490 e. The van der Waals surface area contributed by atoms with Crippen LogP contribution in [0.5, 0.6) is 5.75 Å². The van der Waals surface area contributed by atoms with E-state index in [-0.39, 0.29) is 5.91 Å². The van der Waals surface area contributed by atoms with Crippen molar-refractivity contribution in [2.45, 2.75) is 0 Å². The van der Waals surface area contributed by atoms with Crippen molar-refractivity contribution in [3.8, 4) is 5.75 Å². The van der Waals surface area contributed by atoms with Gasteiger partial charge in [-0.15, -0.1) is 0 Å². The standard InChI is InChI=1S/C20H19NO3/c1-23-12-13-24-19-9-5-4-8-18(19)20(22)21-17-11-10-15-6-2-3-7-16(15)14-17/h2-11,14H,12-13H2,1H3,(H,21,22). The van der Waals surface area contributed by atoms with Crippen LogP contribution in [0.1, 0.15) is 10.4 Å². The monoisotopic (exact) mass is 321 g/mol. The van der Waals surface area contributed by atoms with E-state index in [2.05, 4.69) is 5.32 Å². The van der Waals surface area contributed by atoms with Crippen LogP contribution in [0.2, 0.25) is 0 Å². The Morgan fingerprint density at radius 2 is 1.67 bits per heavy atom. The Morgan fingerprint density at radius 3 is 2.50 bits per heavy atom. The van der Waals surface area contributed by atoms with Gasteiger partial charge in [-0.05, 0) is 35.0 Å². The zero-order valence-electron chi connectivity index (χ0n) is 13.5. The van der Waals surface area contributed by atoms with Gasteiger partial charge in [-0.25, -0.2) is 0 Å². The van der Waals surface area contributed by atoms with Crippen LogP contribution in [0.3, 0.4) is 0 Å². The number of methoxy groups -OCH3 is 1. The van der Waals surface area contributed by atoms with Crippen LogP contribution in [-0.4, -0.2) is 26.2 Å². The molecule has 24 heavy (non-hydrogen) atoms. The topological polar surface area (TPSA) is 47.6 Å². The molecule has 3 rings (SSSR count). The first-order valence-corrected chi connectivity index (χ1v) is 7.79. The van der Waals surface area contributed by atoms with Crippen molar-refractivity contribution in [2.75, 3.05) is 25.6 Å². The zero-order chi connectivity index (χ0) is 16.8. The molecule has 0 saturated heterocycles. The first kappa shape index (κ1) is 16.0. The summed E-state index contributed by atoms with van der Waals surface area (Å²) in [6.45, 7) is 0.872. The van der Waals surface area contributed by atoms with Crippen LogP contribution in [-0.2, 0) is 4.74 Å². The van der Waals surface area contributed by atoms with E-state index < -0.39 is 0 Å². The van der Waals surface area contributed by atoms with Crippen LogP contribution in [0.25, 0.3) is 10.8 Å². The number of carbonyl (C=O) groups excluding carboxylic acids is 1. The number of hydrogen-bond acceptors (Lipinski definition) is 3. The first-order chi connectivity index (χ1) is 11.8. The molecule has 3 aromatic rings. The number of amides is 1. The van der Waals surface area contributed by atoms with Gasteiger partial charge in [-0.2, -0.15) is 0 Å². The van der Waals surface area contributed by atoms with Gasteiger partial charge in [0.1, 0.15) is 12.4 Å². The summed E-state index contributed by atoms with van der Waals surface area (Å²) in [7, 11) is 1.61. The summed E-state index contributed by atoms with van der Waals surface area (Å²) in [6, 6.07) is 21.1. The Hall–Kier alpha value is -2.85. The second-order valence-corrected chi connectivity index (χ2v) is 5.35. The number of carbonyl (C=O) groups is 1. The number of nitrogens with one attached hydrogen (secondary N) is 1. The number of benzene rings is 3. The number of anilines is 1. The van der Waals surface area contributed by atoms with Crippen molar-refractivity contribution < 1.29 is 14.3 Å². The van der Waals surface area contributed by atoms with Crippen molar-refractivity contribution >= 4 is 22.4 Å². The lowest BCUT2D eigenvalue weighted by Gasteiger charge is -2.12. The van der Waals surface area contributed by atoms with Crippen LogP contribution in [0, 0.1) is 0 Å². The van der Waals surface area contributed by atoms with Crippen molar-refractivity contribution in [2.24, 2.45) is 0 Å². The molecule has 1 N–H and O–H groups in total. The summed E-state index contributed by atoms with van der Waals surface area (Å²) in [4.78, 5) is 12.6. The molecule has 0 aliphatic heterocycles. The molecular weight excluding hydrogens is 302 g/mol. The van der Waals surface area contributed by atoms with Gasteiger partial charge >= 0.3 is 0 Å². The highest BCUT2D eigenvalue weighted by Gasteiger charge is 2.12. The summed E-state index contributed by atoms with van der Waals surface area (Å²) in [6.07, 6.45) is 0. The number of hydrogen-bond donors (Lipinski definition) is 1. The van der Waals surface area contributed by atoms with Crippen molar-refractivity contribution in [1.29, 1.82) is 0 Å². The third-order valence-electron chi connectivity index (χ3n) is 3.68. The predicted molar refractivity (Wildman–Crippen MR) is 95.7 cm³/mol. The minimum absolute atomic E-state index is 0.196. The predicted octanol–water partition coefficient (Wildman–Crippen LogP) is 4.12. The summed E-state index contributed by atoms with van der Waals surface area (Å²) < 4.78 is 10.6. The van der Waals surface area contributed by atoms with Crippen molar-refractivity contribution in [3.63, 3.8) is 0 Å². The fourth-order valence-electron chi connectivity index (χ4n) is 2.48. The molecular formula is C20H19NO3. The molecule has 0 bridgehead atoms. The highest BCUT2D eigenvalue weighted by Crippen LogP contribution is 2.22. The molecule has 4 heteroatoms. The van der Waals surface area contributed by atoms with Gasteiger partial charge in [-0.1, -0.05) is 42.5 Å². The maximum Gasteiger partial charge on any atom is 0.259 e. The lowest BCUT2D eigenvalue weighted by Crippen LogP contribution is -2.14. The fraction of sp³-hybridized carbons (Fsp3) is 0.150. The Balaban J connectivity index is 1.78. The molecule has 0 aliphatic rings. The van der Waals surface area contributed by atoms with E-state index in [9.17, 15) is 4.79 Å². The molecule has 0 spiro atoms. The zero-order valence-corrected chi connectivity index (χ0v) is 13.5. The van der Waals surface area contributed by atoms with Gasteiger partial charge in [0.2, 0.25) is 0 Å². The van der Waals surface area contributed by atoms with E-state index in [0.717, 1.165) is 16.5 Å². The van der Waals surface area contributed by atoms with Gasteiger partial charge in [0.05, 0.1) is 12.2 Å². The normalized spacial score (nSPS) is 10.5. The second-order valence-electron chi connectivity index (χ2n) is 5.35. The molecule has 0 saturated carbocycles. The summed E-state index contributed by atoms with van der Waals surface area (Å²) >= 11 is 0. The van der Waals surface area contributed by atoms with Crippen molar-refractivity contribution in [1.82, 2.24) is 0 Å². The second kappa shape index (κ2) is 7.62. The number of rotatable bonds is 6. The maximum atomic E-state index is 12.6. The Kier molecular flexibility index (Phi) is 5.08.